The molecule has 1 aliphatic heterocycles. The lowest BCUT2D eigenvalue weighted by atomic mass is 10.1. The molecule has 1 heterocycles. The van der Waals surface area contributed by atoms with Crippen LogP contribution in [0.1, 0.15) is 38.5 Å². The minimum Gasteiger partial charge on any atom is -0.481 e. The minimum absolute atomic E-state index is 0.168. The van der Waals surface area contributed by atoms with Crippen LogP contribution in [-0.2, 0) is 33.6 Å². The first-order chi connectivity index (χ1) is 15.3. The molecule has 10 N–H and O–H groups in total. The van der Waals surface area contributed by atoms with Gasteiger partial charge in [0.15, 0.2) is 0 Å². The molecule has 5 amide bonds. The maximum absolute atomic E-state index is 12.8. The zero-order valence-corrected chi connectivity index (χ0v) is 17.7. The molecule has 1 fully saturated rings. The molecule has 184 valence electrons. The number of nitrogens with zero attached hydrogens (tertiary/aromatic N) is 1. The largest absolute Gasteiger partial charge is 0.481 e. The first-order valence-electron chi connectivity index (χ1n) is 10.0. The quantitative estimate of drug-likeness (QED) is 0.136. The molecule has 0 aromatic rings. The molecule has 0 aliphatic carbocycles. The van der Waals surface area contributed by atoms with Gasteiger partial charge in [0.05, 0.1) is 18.9 Å². The maximum Gasteiger partial charge on any atom is 0.326 e. The van der Waals surface area contributed by atoms with E-state index in [9.17, 15) is 33.6 Å². The summed E-state index contributed by atoms with van der Waals surface area (Å²) in [4.78, 5) is 83.3. The summed E-state index contributed by atoms with van der Waals surface area (Å²) < 4.78 is 0. The van der Waals surface area contributed by atoms with Crippen molar-refractivity contribution in [2.75, 3.05) is 6.54 Å². The zero-order valence-electron chi connectivity index (χ0n) is 17.7. The number of carbonyl (C=O) groups is 7. The van der Waals surface area contributed by atoms with E-state index in [2.05, 4.69) is 5.32 Å². The molecule has 15 heteroatoms. The van der Waals surface area contributed by atoms with E-state index < -0.39 is 78.5 Å². The van der Waals surface area contributed by atoms with Crippen molar-refractivity contribution in [3.8, 4) is 0 Å². The summed E-state index contributed by atoms with van der Waals surface area (Å²) in [5.41, 5.74) is 15.8. The van der Waals surface area contributed by atoms with Crippen molar-refractivity contribution in [3.63, 3.8) is 0 Å². The summed E-state index contributed by atoms with van der Waals surface area (Å²) in [6.45, 7) is 0.168. The van der Waals surface area contributed by atoms with E-state index in [4.69, 9.17) is 27.4 Å². The van der Waals surface area contributed by atoms with Crippen molar-refractivity contribution in [1.29, 1.82) is 0 Å². The Balaban J connectivity index is 2.96. The van der Waals surface area contributed by atoms with Gasteiger partial charge in [-0.2, -0.15) is 0 Å². The molecule has 33 heavy (non-hydrogen) atoms. The molecular formula is C18H28N6O9. The number of hydrogen-bond acceptors (Lipinski definition) is 8. The Morgan fingerprint density at radius 2 is 1.58 bits per heavy atom. The second-order valence-corrected chi connectivity index (χ2v) is 7.53. The minimum atomic E-state index is -1.78. The lowest BCUT2D eigenvalue weighted by Crippen LogP contribution is -2.57. The van der Waals surface area contributed by atoms with Crippen LogP contribution in [0.2, 0.25) is 0 Å². The lowest BCUT2D eigenvalue weighted by molar-refractivity contribution is -0.147. The number of nitrogens with one attached hydrogen (secondary N) is 2. The standard InChI is InChI=1S/C18H28N6O9/c19-8(6-13(21)26)17(31)24-5-1-2-11(24)16(30)22-9(3-4-12(20)25)15(29)23-10(18(32)33)7-14(27)28/h8-11H,1-7,19H2,(H2,20,25)(H2,21,26)(H,22,30)(H,23,29)(H,27,28)(H,32,33). The number of carboxylic acid groups (broad SMARTS) is 2. The summed E-state index contributed by atoms with van der Waals surface area (Å²) in [7, 11) is 0. The summed E-state index contributed by atoms with van der Waals surface area (Å²) in [6.07, 6.45) is -1.32. The third kappa shape index (κ3) is 8.72. The van der Waals surface area contributed by atoms with Crippen LogP contribution in [0.3, 0.4) is 0 Å². The third-order valence-corrected chi connectivity index (χ3v) is 4.88. The van der Waals surface area contributed by atoms with Crippen LogP contribution >= 0.6 is 0 Å². The fourth-order valence-corrected chi connectivity index (χ4v) is 3.29. The van der Waals surface area contributed by atoms with Gasteiger partial charge < -0.3 is 42.9 Å². The van der Waals surface area contributed by atoms with Gasteiger partial charge in [-0.1, -0.05) is 0 Å². The highest BCUT2D eigenvalue weighted by atomic mass is 16.4. The molecule has 0 saturated carbocycles. The lowest BCUT2D eigenvalue weighted by Gasteiger charge is -2.28. The summed E-state index contributed by atoms with van der Waals surface area (Å²) in [5.74, 6) is -7.18. The van der Waals surface area contributed by atoms with Gasteiger partial charge in [-0.05, 0) is 19.3 Å². The summed E-state index contributed by atoms with van der Waals surface area (Å²) in [6, 6.07) is -5.50. The van der Waals surface area contributed by atoms with Crippen molar-refractivity contribution in [2.24, 2.45) is 17.2 Å². The Kier molecular flexibility index (Phi) is 10.2. The van der Waals surface area contributed by atoms with Crippen LogP contribution in [0.5, 0.6) is 0 Å². The highest BCUT2D eigenvalue weighted by Gasteiger charge is 2.38. The zero-order chi connectivity index (χ0) is 25.3. The molecule has 0 aromatic carbocycles. The fraction of sp³-hybridized carbons (Fsp3) is 0.611. The van der Waals surface area contributed by atoms with Gasteiger partial charge in [0.25, 0.3) is 0 Å². The van der Waals surface area contributed by atoms with Gasteiger partial charge in [0.1, 0.15) is 18.1 Å². The molecule has 0 bridgehead atoms. The van der Waals surface area contributed by atoms with Crippen molar-refractivity contribution < 1.29 is 43.8 Å². The number of likely N-dealkylation sites (tertiary alicyclic amines) is 1. The van der Waals surface area contributed by atoms with E-state index >= 15 is 0 Å². The van der Waals surface area contributed by atoms with Gasteiger partial charge in [0.2, 0.25) is 29.5 Å². The second-order valence-electron chi connectivity index (χ2n) is 7.53. The maximum atomic E-state index is 12.8. The Morgan fingerprint density at radius 1 is 0.939 bits per heavy atom. The topological polar surface area (TPSA) is 265 Å². The second kappa shape index (κ2) is 12.3. The van der Waals surface area contributed by atoms with Crippen LogP contribution < -0.4 is 27.8 Å². The van der Waals surface area contributed by atoms with Crippen LogP contribution in [0.4, 0.5) is 0 Å². The molecule has 4 unspecified atom stereocenters. The van der Waals surface area contributed by atoms with Crippen LogP contribution in [0.15, 0.2) is 0 Å². The first kappa shape index (κ1) is 27.3. The molecule has 4 atom stereocenters. The fourth-order valence-electron chi connectivity index (χ4n) is 3.29. The first-order valence-corrected chi connectivity index (χ1v) is 10.0. The Hall–Kier alpha value is -3.75. The average Bonchev–Trinajstić information content (AvgIpc) is 3.18. The van der Waals surface area contributed by atoms with E-state index in [0.29, 0.717) is 6.42 Å². The Morgan fingerprint density at radius 3 is 2.09 bits per heavy atom. The van der Waals surface area contributed by atoms with Crippen LogP contribution in [-0.4, -0.2) is 87.3 Å². The third-order valence-electron chi connectivity index (χ3n) is 4.88. The molecule has 0 spiro atoms. The van der Waals surface area contributed by atoms with Crippen LogP contribution in [0.25, 0.3) is 0 Å². The number of carboxylic acids is 2. The SMILES string of the molecule is NC(=O)CCC(NC(=O)C1CCCN1C(=O)C(N)CC(N)=O)C(=O)NC(CC(=O)O)C(=O)O. The number of hydrogen-bond donors (Lipinski definition) is 7. The number of nitrogens with two attached hydrogens (primary N) is 3. The van der Waals surface area contributed by atoms with E-state index in [1.165, 1.54) is 0 Å². The van der Waals surface area contributed by atoms with Gasteiger partial charge in [-0.3, -0.25) is 28.8 Å². The molecule has 1 saturated heterocycles. The van der Waals surface area contributed by atoms with Crippen molar-refractivity contribution in [3.05, 3.63) is 0 Å². The van der Waals surface area contributed by atoms with Crippen molar-refractivity contribution in [1.82, 2.24) is 15.5 Å². The molecule has 15 nitrogen and oxygen atoms in total. The van der Waals surface area contributed by atoms with E-state index in [1.807, 2.05) is 5.32 Å². The van der Waals surface area contributed by atoms with E-state index in [0.717, 1.165) is 4.90 Å². The number of aliphatic carboxylic acids is 2. The Labute approximate surface area is 188 Å². The molecule has 1 aliphatic rings. The molecule has 1 rings (SSSR count). The molecule has 0 aromatic heterocycles. The molecular weight excluding hydrogens is 444 g/mol. The molecule has 0 radical (unpaired) electrons. The van der Waals surface area contributed by atoms with Gasteiger partial charge in [-0.15, -0.1) is 0 Å². The van der Waals surface area contributed by atoms with Gasteiger partial charge >= 0.3 is 11.9 Å². The smallest absolute Gasteiger partial charge is 0.326 e. The average molecular weight is 472 g/mol. The normalized spacial score (nSPS) is 18.0. The van der Waals surface area contributed by atoms with E-state index in [-0.39, 0.29) is 25.8 Å². The van der Waals surface area contributed by atoms with Gasteiger partial charge in [-0.25, -0.2) is 4.79 Å². The highest BCUT2D eigenvalue weighted by Crippen LogP contribution is 2.19. The van der Waals surface area contributed by atoms with E-state index in [1.54, 1.807) is 0 Å². The van der Waals surface area contributed by atoms with Crippen molar-refractivity contribution >= 4 is 41.5 Å². The number of rotatable bonds is 13. The number of carbonyl (C=O) groups excluding carboxylic acids is 5. The Bertz CT molecular complexity index is 817. The van der Waals surface area contributed by atoms with Crippen molar-refractivity contribution in [2.45, 2.75) is 62.7 Å². The predicted molar refractivity (Wildman–Crippen MR) is 109 cm³/mol. The summed E-state index contributed by atoms with van der Waals surface area (Å²) in [5, 5.41) is 22.3. The number of amides is 5. The van der Waals surface area contributed by atoms with Gasteiger partial charge in [0, 0.05) is 13.0 Å². The van der Waals surface area contributed by atoms with Crippen LogP contribution in [0, 0.1) is 0 Å². The highest BCUT2D eigenvalue weighted by molar-refractivity contribution is 5.96. The summed E-state index contributed by atoms with van der Waals surface area (Å²) >= 11 is 0. The monoisotopic (exact) mass is 472 g/mol. The predicted octanol–water partition coefficient (Wildman–Crippen LogP) is -4.03. The number of primary amides is 2.